The lowest BCUT2D eigenvalue weighted by Crippen LogP contribution is -2.48. The Morgan fingerprint density at radius 1 is 1.09 bits per heavy atom. The Bertz CT molecular complexity index is 1010. The molecule has 1 atom stereocenters. The van der Waals surface area contributed by atoms with Crippen molar-refractivity contribution < 1.29 is 19.4 Å². The van der Waals surface area contributed by atoms with E-state index in [2.05, 4.69) is 41.0 Å². The average molecular weight is 466 g/mol. The van der Waals surface area contributed by atoms with Gasteiger partial charge in [0.2, 0.25) is 0 Å². The Morgan fingerprint density at radius 2 is 1.91 bits per heavy atom. The van der Waals surface area contributed by atoms with E-state index in [0.717, 1.165) is 44.9 Å². The molecular weight excluding hydrogens is 430 g/mol. The van der Waals surface area contributed by atoms with Crippen molar-refractivity contribution >= 4 is 5.91 Å². The molecule has 0 aromatic heterocycles. The van der Waals surface area contributed by atoms with Gasteiger partial charge in [0, 0.05) is 51.3 Å². The van der Waals surface area contributed by atoms with E-state index >= 15 is 0 Å². The van der Waals surface area contributed by atoms with Gasteiger partial charge in [-0.25, -0.2) is 0 Å². The first kappa shape index (κ1) is 23.1. The van der Waals surface area contributed by atoms with E-state index in [9.17, 15) is 9.90 Å². The first-order chi connectivity index (χ1) is 16.6. The third kappa shape index (κ3) is 5.22. The summed E-state index contributed by atoms with van der Waals surface area (Å²) in [6.45, 7) is 9.58. The van der Waals surface area contributed by atoms with Crippen LogP contribution in [0.2, 0.25) is 0 Å². The fraction of sp³-hybridized carbons (Fsp3) is 0.519. The second-order valence-corrected chi connectivity index (χ2v) is 9.69. The Kier molecular flexibility index (Phi) is 7.04. The molecule has 1 saturated heterocycles. The summed E-state index contributed by atoms with van der Waals surface area (Å²) in [5.41, 5.74) is 3.25. The second kappa shape index (κ2) is 10.3. The minimum Gasteiger partial charge on any atom is -0.493 e. The quantitative estimate of drug-likeness (QED) is 0.645. The van der Waals surface area contributed by atoms with E-state index in [1.807, 2.05) is 12.1 Å². The van der Waals surface area contributed by atoms with Gasteiger partial charge in [0.25, 0.3) is 5.91 Å². The van der Waals surface area contributed by atoms with E-state index in [1.54, 1.807) is 11.0 Å². The normalized spacial score (nSPS) is 20.1. The van der Waals surface area contributed by atoms with Crippen LogP contribution in [-0.4, -0.2) is 90.8 Å². The largest absolute Gasteiger partial charge is 0.493 e. The fourth-order valence-electron chi connectivity index (χ4n) is 5.18. The number of carbonyl (C=O) groups is 1. The molecule has 182 valence electrons. The van der Waals surface area contributed by atoms with Crippen LogP contribution in [0.1, 0.15) is 28.4 Å². The molecule has 1 amide bonds. The number of β-amino-alcohol motifs (C(OH)–C–C–N with tert-alkyl or cyclic N) is 1. The van der Waals surface area contributed by atoms with Crippen LogP contribution in [0.5, 0.6) is 11.5 Å². The summed E-state index contributed by atoms with van der Waals surface area (Å²) in [5, 5.41) is 10.8. The minimum atomic E-state index is -0.608. The first-order valence-corrected chi connectivity index (χ1v) is 12.5. The highest BCUT2D eigenvalue weighted by Gasteiger charge is 2.28. The lowest BCUT2D eigenvalue weighted by atomic mass is 10.00. The van der Waals surface area contributed by atoms with E-state index in [-0.39, 0.29) is 5.91 Å². The Balaban J connectivity index is 1.15. The zero-order chi connectivity index (χ0) is 23.5. The van der Waals surface area contributed by atoms with Crippen molar-refractivity contribution in [1.82, 2.24) is 14.7 Å². The smallest absolute Gasteiger partial charge is 0.257 e. The molecule has 0 saturated carbocycles. The Morgan fingerprint density at radius 3 is 2.74 bits per heavy atom. The molecule has 0 radical (unpaired) electrons. The highest BCUT2D eigenvalue weighted by Crippen LogP contribution is 2.29. The first-order valence-electron chi connectivity index (χ1n) is 12.5. The third-order valence-electron chi connectivity index (χ3n) is 7.16. The number of fused-ring (bicyclic) bond motifs is 2. The summed E-state index contributed by atoms with van der Waals surface area (Å²) in [6.07, 6.45) is 0.387. The lowest BCUT2D eigenvalue weighted by molar-refractivity contribution is 0.0501. The molecule has 0 spiro atoms. The monoisotopic (exact) mass is 465 g/mol. The summed E-state index contributed by atoms with van der Waals surface area (Å²) in [6, 6.07) is 14.0. The Hall–Kier alpha value is -2.61. The average Bonchev–Trinajstić information content (AvgIpc) is 2.96. The van der Waals surface area contributed by atoms with Gasteiger partial charge in [0.15, 0.2) is 0 Å². The number of rotatable bonds is 8. The van der Waals surface area contributed by atoms with Crippen LogP contribution in [0.3, 0.4) is 0 Å². The van der Waals surface area contributed by atoms with Gasteiger partial charge in [-0.3, -0.25) is 9.69 Å². The maximum Gasteiger partial charge on any atom is 0.257 e. The van der Waals surface area contributed by atoms with Gasteiger partial charge < -0.3 is 24.4 Å². The number of benzene rings is 2. The molecule has 7 nitrogen and oxygen atoms in total. The molecule has 1 N–H and O–H groups in total. The fourth-order valence-corrected chi connectivity index (χ4v) is 5.18. The van der Waals surface area contributed by atoms with Crippen LogP contribution in [0, 0.1) is 5.92 Å². The number of hydrogen-bond donors (Lipinski definition) is 1. The second-order valence-electron chi connectivity index (χ2n) is 9.69. The molecule has 1 unspecified atom stereocenters. The van der Waals surface area contributed by atoms with Crippen molar-refractivity contribution in [3.05, 3.63) is 59.2 Å². The molecule has 2 aromatic carbocycles. The van der Waals surface area contributed by atoms with Gasteiger partial charge in [0.1, 0.15) is 18.1 Å². The van der Waals surface area contributed by atoms with Crippen molar-refractivity contribution in [3.8, 4) is 11.5 Å². The molecule has 3 aliphatic rings. The van der Waals surface area contributed by atoms with Gasteiger partial charge in [-0.15, -0.1) is 0 Å². The summed E-state index contributed by atoms with van der Waals surface area (Å²) < 4.78 is 11.9. The molecule has 3 aliphatic heterocycles. The minimum absolute atomic E-state index is 0.0975. The lowest BCUT2D eigenvalue weighted by Gasteiger charge is -2.38. The standard InChI is InChI=1S/C27H35N3O4/c1-2-28-14-20(15-28)19-34-24-7-8-25-26(13-24)33-12-11-30(27(25)32)18-23(31)17-29-10-9-21-5-3-4-6-22(21)16-29/h3-8,13,20,23,31H,2,9-12,14-19H2,1H3. The molecule has 0 aliphatic carbocycles. The van der Waals surface area contributed by atoms with Crippen LogP contribution < -0.4 is 9.47 Å². The summed E-state index contributed by atoms with van der Waals surface area (Å²) in [4.78, 5) is 19.6. The van der Waals surface area contributed by atoms with Crippen LogP contribution >= 0.6 is 0 Å². The SMILES string of the molecule is CCN1CC(COc2ccc3c(c2)OCCN(CC(O)CN2CCc4ccccc4C2)C3=O)C1. The number of aliphatic hydroxyl groups is 1. The summed E-state index contributed by atoms with van der Waals surface area (Å²) in [5.74, 6) is 1.77. The molecule has 5 rings (SSSR count). The van der Waals surface area contributed by atoms with Gasteiger partial charge in [-0.2, -0.15) is 0 Å². The number of aliphatic hydroxyl groups excluding tert-OH is 1. The number of nitrogens with zero attached hydrogens (tertiary/aromatic N) is 3. The number of amides is 1. The number of ether oxygens (including phenoxy) is 2. The number of carbonyl (C=O) groups excluding carboxylic acids is 1. The summed E-state index contributed by atoms with van der Waals surface area (Å²) in [7, 11) is 0. The summed E-state index contributed by atoms with van der Waals surface area (Å²) >= 11 is 0. The van der Waals surface area contributed by atoms with Gasteiger partial charge in [-0.05, 0) is 36.2 Å². The molecule has 1 fully saturated rings. The predicted molar refractivity (Wildman–Crippen MR) is 130 cm³/mol. The zero-order valence-electron chi connectivity index (χ0n) is 20.0. The maximum atomic E-state index is 13.2. The molecule has 0 bridgehead atoms. The highest BCUT2D eigenvalue weighted by atomic mass is 16.5. The van der Waals surface area contributed by atoms with E-state index in [4.69, 9.17) is 9.47 Å². The molecule has 2 aromatic rings. The van der Waals surface area contributed by atoms with Crippen LogP contribution in [0.15, 0.2) is 42.5 Å². The topological polar surface area (TPSA) is 65.5 Å². The van der Waals surface area contributed by atoms with Gasteiger partial charge >= 0.3 is 0 Å². The molecule has 7 heteroatoms. The van der Waals surface area contributed by atoms with Crippen molar-refractivity contribution in [2.75, 3.05) is 59.0 Å². The third-order valence-corrected chi connectivity index (χ3v) is 7.16. The Labute approximate surface area is 201 Å². The van der Waals surface area contributed by atoms with E-state index < -0.39 is 6.10 Å². The van der Waals surface area contributed by atoms with Gasteiger partial charge in [-0.1, -0.05) is 31.2 Å². The van der Waals surface area contributed by atoms with Crippen LogP contribution in [0.4, 0.5) is 0 Å². The number of likely N-dealkylation sites (tertiary alicyclic amines) is 1. The van der Waals surface area contributed by atoms with Crippen LogP contribution in [0.25, 0.3) is 0 Å². The van der Waals surface area contributed by atoms with E-state index in [1.165, 1.54) is 11.1 Å². The van der Waals surface area contributed by atoms with E-state index in [0.29, 0.717) is 50.1 Å². The van der Waals surface area contributed by atoms with Crippen LogP contribution in [-0.2, 0) is 13.0 Å². The molecule has 3 heterocycles. The van der Waals surface area contributed by atoms with Crippen molar-refractivity contribution in [3.63, 3.8) is 0 Å². The molecule has 34 heavy (non-hydrogen) atoms. The predicted octanol–water partition coefficient (Wildman–Crippen LogP) is 2.27. The number of hydrogen-bond acceptors (Lipinski definition) is 6. The zero-order valence-corrected chi connectivity index (χ0v) is 20.0. The van der Waals surface area contributed by atoms with Gasteiger partial charge in [0.05, 0.1) is 24.8 Å². The van der Waals surface area contributed by atoms with Crippen molar-refractivity contribution in [1.29, 1.82) is 0 Å². The molecular formula is C27H35N3O4. The van der Waals surface area contributed by atoms with Crippen molar-refractivity contribution in [2.45, 2.75) is 26.0 Å². The maximum absolute atomic E-state index is 13.2. The van der Waals surface area contributed by atoms with Crippen molar-refractivity contribution in [2.24, 2.45) is 5.92 Å². The highest BCUT2D eigenvalue weighted by molar-refractivity contribution is 5.97.